The molecule has 0 saturated heterocycles. The van der Waals surface area contributed by atoms with Crippen molar-refractivity contribution in [3.05, 3.63) is 50.6 Å². The Morgan fingerprint density at radius 2 is 2.18 bits per heavy atom. The summed E-state index contributed by atoms with van der Waals surface area (Å²) in [6.07, 6.45) is 1.62. The summed E-state index contributed by atoms with van der Waals surface area (Å²) < 4.78 is 1.65. The van der Waals surface area contributed by atoms with Crippen LogP contribution in [0.4, 0.5) is 0 Å². The first-order valence-electron chi connectivity index (χ1n) is 4.87. The first-order valence-corrected chi connectivity index (χ1v) is 6.95. The van der Waals surface area contributed by atoms with Gasteiger partial charge in [-0.15, -0.1) is 22.7 Å². The summed E-state index contributed by atoms with van der Waals surface area (Å²) in [6.45, 7) is 0. The molecule has 0 amide bonds. The van der Waals surface area contributed by atoms with Crippen LogP contribution < -0.4 is 0 Å². The third-order valence-corrected chi connectivity index (χ3v) is 4.44. The predicted molar refractivity (Wildman–Crippen MR) is 72.4 cm³/mol. The molecule has 0 fully saturated rings. The number of fused-ring (bicyclic) bond motifs is 1. The Bertz CT molecular complexity index is 701. The van der Waals surface area contributed by atoms with Crippen molar-refractivity contribution in [3.8, 4) is 0 Å². The van der Waals surface area contributed by atoms with Crippen molar-refractivity contribution >= 4 is 50.3 Å². The summed E-state index contributed by atoms with van der Waals surface area (Å²) >= 11 is 8.69. The number of hydrogen-bond donors (Lipinski definition) is 0. The van der Waals surface area contributed by atoms with Crippen molar-refractivity contribution in [1.29, 1.82) is 0 Å². The molecule has 84 valence electrons. The minimum atomic E-state index is -0.0234. The van der Waals surface area contributed by atoms with Crippen molar-refractivity contribution < 1.29 is 4.79 Å². The number of thiophene rings is 2. The van der Waals surface area contributed by atoms with Gasteiger partial charge in [-0.25, -0.2) is 0 Å². The van der Waals surface area contributed by atoms with Gasteiger partial charge in [0.2, 0.25) is 5.78 Å². The molecule has 3 aromatic heterocycles. The number of carbonyl (C=O) groups is 1. The van der Waals surface area contributed by atoms with Crippen LogP contribution in [0.2, 0.25) is 4.34 Å². The highest BCUT2D eigenvalue weighted by Crippen LogP contribution is 2.25. The number of halogens is 1. The van der Waals surface area contributed by atoms with Crippen molar-refractivity contribution in [2.24, 2.45) is 0 Å². The minimum Gasteiger partial charge on any atom is -0.288 e. The van der Waals surface area contributed by atoms with Crippen LogP contribution in [0.5, 0.6) is 0 Å². The van der Waals surface area contributed by atoms with Gasteiger partial charge >= 0.3 is 0 Å². The molecule has 17 heavy (non-hydrogen) atoms. The van der Waals surface area contributed by atoms with Crippen molar-refractivity contribution in [1.82, 2.24) is 4.98 Å². The Labute approximate surface area is 111 Å². The molecule has 0 atom stereocenters. The largest absolute Gasteiger partial charge is 0.288 e. The first kappa shape index (κ1) is 10.9. The Hall–Kier alpha value is -1.23. The lowest BCUT2D eigenvalue weighted by atomic mass is 10.1. The van der Waals surface area contributed by atoms with E-state index in [1.54, 1.807) is 29.7 Å². The quantitative estimate of drug-likeness (QED) is 0.657. The summed E-state index contributed by atoms with van der Waals surface area (Å²) in [7, 11) is 0. The van der Waals surface area contributed by atoms with E-state index in [9.17, 15) is 4.79 Å². The van der Waals surface area contributed by atoms with Crippen LogP contribution in [0.25, 0.3) is 10.2 Å². The van der Waals surface area contributed by atoms with Gasteiger partial charge in [-0.1, -0.05) is 11.6 Å². The van der Waals surface area contributed by atoms with Gasteiger partial charge in [-0.2, -0.15) is 0 Å². The molecule has 3 aromatic rings. The van der Waals surface area contributed by atoms with Gasteiger partial charge in [0.25, 0.3) is 0 Å². The fourth-order valence-electron chi connectivity index (χ4n) is 1.55. The van der Waals surface area contributed by atoms with Gasteiger partial charge in [0.1, 0.15) is 0 Å². The van der Waals surface area contributed by atoms with Crippen LogP contribution in [0.15, 0.2) is 35.8 Å². The summed E-state index contributed by atoms with van der Waals surface area (Å²) in [4.78, 5) is 17.0. The van der Waals surface area contributed by atoms with E-state index in [-0.39, 0.29) is 5.78 Å². The van der Waals surface area contributed by atoms with Crippen LogP contribution in [-0.2, 0) is 0 Å². The normalized spacial score (nSPS) is 10.9. The molecule has 5 heteroatoms. The SMILES string of the molecule is O=C(c1cnc2ccsc2c1)c1ccc(Cl)s1. The molecule has 0 aliphatic carbocycles. The lowest BCUT2D eigenvalue weighted by molar-refractivity contribution is 0.104. The molecular formula is C12H6ClNOS2. The molecule has 3 heterocycles. The highest BCUT2D eigenvalue weighted by atomic mass is 35.5. The number of carbonyl (C=O) groups excluding carboxylic acids is 1. The molecule has 0 bridgehead atoms. The summed E-state index contributed by atoms with van der Waals surface area (Å²) in [5.41, 5.74) is 1.54. The summed E-state index contributed by atoms with van der Waals surface area (Å²) in [6, 6.07) is 7.30. The molecule has 0 unspecified atom stereocenters. The third-order valence-electron chi connectivity index (χ3n) is 2.36. The minimum absolute atomic E-state index is 0.0234. The zero-order chi connectivity index (χ0) is 11.8. The van der Waals surface area contributed by atoms with Crippen molar-refractivity contribution in [3.63, 3.8) is 0 Å². The highest BCUT2D eigenvalue weighted by molar-refractivity contribution is 7.18. The fraction of sp³-hybridized carbons (Fsp3) is 0. The van der Waals surface area contributed by atoms with Gasteiger partial charge in [-0.05, 0) is 29.6 Å². The van der Waals surface area contributed by atoms with E-state index in [1.807, 2.05) is 17.5 Å². The average molecular weight is 280 g/mol. The molecule has 2 nitrogen and oxygen atoms in total. The van der Waals surface area contributed by atoms with Gasteiger partial charge in [0.15, 0.2) is 0 Å². The molecule has 0 radical (unpaired) electrons. The second kappa shape index (κ2) is 4.22. The maximum atomic E-state index is 12.1. The van der Waals surface area contributed by atoms with Crippen LogP contribution in [0.3, 0.4) is 0 Å². The van der Waals surface area contributed by atoms with Gasteiger partial charge < -0.3 is 0 Å². The third kappa shape index (κ3) is 1.99. The van der Waals surface area contributed by atoms with E-state index in [4.69, 9.17) is 11.6 Å². The van der Waals surface area contributed by atoms with Crippen LogP contribution in [0, 0.1) is 0 Å². The maximum Gasteiger partial charge on any atom is 0.204 e. The summed E-state index contributed by atoms with van der Waals surface area (Å²) in [5.74, 6) is -0.0234. The van der Waals surface area contributed by atoms with E-state index in [0.717, 1.165) is 10.2 Å². The number of ketones is 1. The number of nitrogens with zero attached hydrogens (tertiary/aromatic N) is 1. The Kier molecular flexibility index (Phi) is 2.70. The number of hydrogen-bond acceptors (Lipinski definition) is 4. The van der Waals surface area contributed by atoms with E-state index >= 15 is 0 Å². The van der Waals surface area contributed by atoms with Crippen LogP contribution in [0.1, 0.15) is 15.2 Å². The zero-order valence-corrected chi connectivity index (χ0v) is 10.9. The van der Waals surface area contributed by atoms with Gasteiger partial charge in [-0.3, -0.25) is 9.78 Å². The smallest absolute Gasteiger partial charge is 0.204 e. The predicted octanol–water partition coefficient (Wildman–Crippen LogP) is 4.24. The number of aromatic nitrogens is 1. The van der Waals surface area contributed by atoms with Gasteiger partial charge in [0, 0.05) is 11.8 Å². The first-order chi connectivity index (χ1) is 8.24. The standard InChI is InChI=1S/C12H6ClNOS2/c13-11-2-1-9(17-11)12(15)7-5-10-8(14-6-7)3-4-16-10/h1-6H. The van der Waals surface area contributed by atoms with E-state index in [1.165, 1.54) is 11.3 Å². The van der Waals surface area contributed by atoms with E-state index in [0.29, 0.717) is 14.8 Å². The molecule has 0 aliphatic heterocycles. The Morgan fingerprint density at radius 1 is 1.29 bits per heavy atom. The molecule has 0 saturated carbocycles. The second-order valence-electron chi connectivity index (χ2n) is 3.46. The van der Waals surface area contributed by atoms with E-state index < -0.39 is 0 Å². The lowest BCUT2D eigenvalue weighted by Gasteiger charge is -1.97. The van der Waals surface area contributed by atoms with Crippen molar-refractivity contribution in [2.45, 2.75) is 0 Å². The monoisotopic (exact) mass is 279 g/mol. The average Bonchev–Trinajstić information content (AvgIpc) is 2.95. The fourth-order valence-corrected chi connectivity index (χ4v) is 3.33. The Balaban J connectivity index is 2.05. The zero-order valence-electron chi connectivity index (χ0n) is 8.51. The number of rotatable bonds is 2. The van der Waals surface area contributed by atoms with Crippen LogP contribution in [-0.4, -0.2) is 10.8 Å². The number of pyridine rings is 1. The summed E-state index contributed by atoms with van der Waals surface area (Å²) in [5, 5.41) is 1.97. The molecule has 0 N–H and O–H groups in total. The molecule has 3 rings (SSSR count). The van der Waals surface area contributed by atoms with Crippen molar-refractivity contribution in [2.75, 3.05) is 0 Å². The topological polar surface area (TPSA) is 30.0 Å². The highest BCUT2D eigenvalue weighted by Gasteiger charge is 2.12. The second-order valence-corrected chi connectivity index (χ2v) is 6.12. The molecular weight excluding hydrogens is 274 g/mol. The molecule has 0 aliphatic rings. The Morgan fingerprint density at radius 3 is 2.94 bits per heavy atom. The molecule has 0 aromatic carbocycles. The lowest BCUT2D eigenvalue weighted by Crippen LogP contribution is -1.98. The van der Waals surface area contributed by atoms with Crippen LogP contribution >= 0.6 is 34.3 Å². The molecule has 0 spiro atoms. The maximum absolute atomic E-state index is 12.1. The van der Waals surface area contributed by atoms with Gasteiger partial charge in [0.05, 0.1) is 19.4 Å². The van der Waals surface area contributed by atoms with E-state index in [2.05, 4.69) is 4.98 Å².